The molecule has 0 atom stereocenters. The van der Waals surface area contributed by atoms with Crippen molar-refractivity contribution in [3.63, 3.8) is 0 Å². The van der Waals surface area contributed by atoms with Crippen LogP contribution in [0, 0.1) is 19.4 Å². The number of rotatable bonds is 4. The van der Waals surface area contributed by atoms with Crippen LogP contribution in [0.3, 0.4) is 0 Å². The van der Waals surface area contributed by atoms with Gasteiger partial charge in [0.2, 0.25) is 0 Å². The molecule has 0 amide bonds. The van der Waals surface area contributed by atoms with E-state index in [0.717, 1.165) is 68.1 Å². The van der Waals surface area contributed by atoms with Crippen LogP contribution in [0.15, 0.2) is 128 Å². The molecule has 0 saturated heterocycles. The van der Waals surface area contributed by atoms with Gasteiger partial charge in [-0.15, -0.1) is 35.2 Å². The molecule has 8 heterocycles. The molecule has 0 N–H and O–H groups in total. The topological polar surface area (TPSA) is 105 Å². The minimum Gasteiger partial charge on any atom is -1.00 e. The van der Waals surface area contributed by atoms with Gasteiger partial charge in [-0.25, -0.2) is 29.1 Å². The Labute approximate surface area is 446 Å². The van der Waals surface area contributed by atoms with Gasteiger partial charge in [-0.2, -0.15) is 28.5 Å². The largest absolute Gasteiger partial charge is 1.00 e. The van der Waals surface area contributed by atoms with Gasteiger partial charge in [0, 0.05) is 42.2 Å². The number of pyridine rings is 4. The number of halogens is 4. The van der Waals surface area contributed by atoms with Gasteiger partial charge in [0.25, 0.3) is 23.9 Å². The van der Waals surface area contributed by atoms with Gasteiger partial charge >= 0.3 is 69.3 Å². The van der Waals surface area contributed by atoms with Gasteiger partial charge in [-0.3, -0.25) is 0 Å². The van der Waals surface area contributed by atoms with E-state index in [4.69, 9.17) is 0 Å². The van der Waals surface area contributed by atoms with Crippen molar-refractivity contribution >= 4 is 76.9 Å². The van der Waals surface area contributed by atoms with Crippen molar-refractivity contribution in [3.05, 3.63) is 148 Å². The molecule has 0 unspecified atom stereocenters. The Bertz CT molecular complexity index is 2570. The van der Waals surface area contributed by atoms with Gasteiger partial charge in [0.15, 0.2) is 11.0 Å². The molecule has 0 fully saturated rings. The van der Waals surface area contributed by atoms with Crippen LogP contribution in [0.4, 0.5) is 34.4 Å². The first-order chi connectivity index (χ1) is 29.4. The number of nitrogens with zero attached hydrogens (tertiary/aromatic N) is 12. The summed E-state index contributed by atoms with van der Waals surface area (Å²) < 4.78 is 8.39. The Morgan fingerprint density at radius 3 is 1.36 bits per heavy atom. The zero-order valence-electron chi connectivity index (χ0n) is 36.2. The molecule has 6 aromatic heterocycles. The molecule has 2 aliphatic heterocycles. The number of hydrogen-bond donors (Lipinski definition) is 0. The van der Waals surface area contributed by atoms with E-state index in [2.05, 4.69) is 175 Å². The number of benzene rings is 2. The Hall–Kier alpha value is -3.18. The third-order valence-electron chi connectivity index (χ3n) is 9.32. The number of aromatic nitrogens is 8. The summed E-state index contributed by atoms with van der Waals surface area (Å²) in [5, 5.41) is 10.1. The molecule has 0 aliphatic carbocycles. The maximum absolute atomic E-state index is 10.1. The molecule has 0 spiro atoms. The van der Waals surface area contributed by atoms with Crippen molar-refractivity contribution < 1.29 is 111 Å². The van der Waals surface area contributed by atoms with Gasteiger partial charge < -0.3 is 72.7 Å². The van der Waals surface area contributed by atoms with E-state index >= 15 is 0 Å². The summed E-state index contributed by atoms with van der Waals surface area (Å²) in [5.41, 5.74) is 9.46. The van der Waals surface area contributed by atoms with Crippen LogP contribution < -0.4 is 101 Å². The predicted molar refractivity (Wildman–Crippen MR) is 233 cm³/mol. The first kappa shape index (κ1) is 55.1. The summed E-state index contributed by atoms with van der Waals surface area (Å²) in [4.78, 5) is 26.4. The van der Waals surface area contributed by atoms with Crippen molar-refractivity contribution in [1.82, 2.24) is 29.1 Å². The third kappa shape index (κ3) is 12.6. The Morgan fingerprint density at radius 2 is 0.953 bits per heavy atom. The molecule has 0 radical (unpaired) electrons. The summed E-state index contributed by atoms with van der Waals surface area (Å²) in [6.45, 7) is 8.95. The maximum Gasteiger partial charge on any atom is 1.00 e. The van der Waals surface area contributed by atoms with Crippen LogP contribution >= 0.6 is 20.2 Å². The van der Waals surface area contributed by atoms with Crippen LogP contribution in [0.2, 0.25) is 0 Å². The second-order valence-electron chi connectivity index (χ2n) is 14.8. The average Bonchev–Trinajstić information content (AvgIpc) is 4.02. The maximum atomic E-state index is 10.1. The number of aryl methyl sites for hydroxylation is 2. The van der Waals surface area contributed by atoms with Crippen molar-refractivity contribution in [2.24, 2.45) is 14.1 Å². The monoisotopic (exact) mass is 1210 g/mol. The van der Waals surface area contributed by atoms with Gasteiger partial charge in [0.1, 0.15) is 23.0 Å². The van der Waals surface area contributed by atoms with E-state index in [9.17, 15) is 5.11 Å². The molecular formula is C44H44Cl2Cu2I2LiN12O-3. The Morgan fingerprint density at radius 1 is 0.594 bits per heavy atom. The molecule has 13 nitrogen and oxygen atoms in total. The summed E-state index contributed by atoms with van der Waals surface area (Å²) in [6.07, 6.45) is 11.4. The van der Waals surface area contributed by atoms with Crippen LogP contribution in [-0.4, -0.2) is 48.8 Å². The van der Waals surface area contributed by atoms with E-state index in [1.807, 2.05) is 109 Å². The van der Waals surface area contributed by atoms with E-state index < -0.39 is 5.60 Å². The average molecular weight is 1220 g/mol. The third-order valence-corrected chi connectivity index (χ3v) is 9.32. The van der Waals surface area contributed by atoms with Crippen LogP contribution in [0.5, 0.6) is 0 Å². The van der Waals surface area contributed by atoms with Gasteiger partial charge in [-0.05, 0) is 74.8 Å². The molecule has 340 valence electrons. The minimum atomic E-state index is -0.750. The van der Waals surface area contributed by atoms with Crippen LogP contribution in [-0.2, 0) is 44.3 Å². The number of fused-ring (bicyclic) bond motifs is 4. The zero-order chi connectivity index (χ0) is 43.8. The van der Waals surface area contributed by atoms with E-state index in [1.54, 1.807) is 20.8 Å². The molecule has 0 bridgehead atoms. The fourth-order valence-corrected chi connectivity index (χ4v) is 6.81. The van der Waals surface area contributed by atoms with Crippen molar-refractivity contribution in [1.29, 1.82) is 0 Å². The number of imidazole rings is 2. The van der Waals surface area contributed by atoms with Crippen LogP contribution in [0.25, 0.3) is 33.7 Å². The second-order valence-corrected chi connectivity index (χ2v) is 14.8. The van der Waals surface area contributed by atoms with Crippen molar-refractivity contribution in [3.8, 4) is 11.4 Å². The Balaban J connectivity index is 0.000000277. The Kier molecular flexibility index (Phi) is 21.6. The van der Waals surface area contributed by atoms with Gasteiger partial charge in [-0.1, -0.05) is 26.8 Å². The number of anilines is 6. The van der Waals surface area contributed by atoms with Crippen LogP contribution in [0.1, 0.15) is 20.8 Å². The van der Waals surface area contributed by atoms with Crippen molar-refractivity contribution in [2.45, 2.75) is 26.4 Å². The zero-order valence-corrected chi connectivity index (χ0v) is 43.9. The molecule has 8 aromatic rings. The van der Waals surface area contributed by atoms with E-state index in [-0.39, 0.29) is 66.8 Å². The molecular weight excluding hydrogens is 1170 g/mol. The second kappa shape index (κ2) is 25.1. The first-order valence-corrected chi connectivity index (χ1v) is 21.4. The smallest absolute Gasteiger partial charge is 1.00 e. The summed E-state index contributed by atoms with van der Waals surface area (Å²) in [6, 6.07) is 34.1. The minimum absolute atomic E-state index is 0. The first-order valence-electron chi connectivity index (χ1n) is 18.8. The van der Waals surface area contributed by atoms with Gasteiger partial charge in [0.05, 0.1) is 14.1 Å². The predicted octanol–water partition coefficient (Wildman–Crippen LogP) is -1.76. The van der Waals surface area contributed by atoms with E-state index in [0.29, 0.717) is 0 Å². The molecule has 20 heteroatoms. The number of hydrogen-bond acceptors (Lipinski definition) is 9. The normalized spacial score (nSPS) is 12.1. The molecule has 64 heavy (non-hydrogen) atoms. The fraction of sp³-hybridized carbons (Fsp3) is 0.182. The fourth-order valence-electron chi connectivity index (χ4n) is 6.81. The summed E-state index contributed by atoms with van der Waals surface area (Å²) >= 11 is 7.32. The van der Waals surface area contributed by atoms with Crippen molar-refractivity contribution in [2.75, 3.05) is 33.7 Å². The molecule has 2 aliphatic rings. The standard InChI is InChI=1S/C20H18N6.C20H17N6.C4H9O.2ClH.2Cu.2HI.Li/c2*1-23-13-25(19-17(23)8-4-10-21-19)15-6-3-7-16(12-15)26-14-24(2)18-9-5-11-22-20(18)26;1-4(2,3)5;;;;;;;/h3-14H,1-2H3;3-11,13-14H,1-2H3;1-3H3;2*1H;;;2*1H;/q+2;-3;-1;;;2*+1;;;+1/p-4. The summed E-state index contributed by atoms with van der Waals surface area (Å²) in [7, 11) is 16.5. The molecule has 0 saturated carbocycles. The SMILES string of the molecule is CC(C)(C)[O-].CN1[CH-]N(c2[c-]c(N3[CH-]N(C)c4cccnc43)ccc2)c2ncccc21.C[n+]1cn(-c2cccc(-n3c[n+](C)c4cccnc43)c2)c2ncccc21.[Cl][Cu].[Cl][Cu].[I-].[I-].[Li+]. The quantitative estimate of drug-likeness (QED) is 0.0879. The molecule has 2 aromatic carbocycles. The summed E-state index contributed by atoms with van der Waals surface area (Å²) in [5.74, 6) is 1.81. The molecule has 10 rings (SSSR count). The van der Waals surface area contributed by atoms with E-state index in [1.165, 1.54) is 0 Å².